The molecule has 0 aliphatic carbocycles. The van der Waals surface area contributed by atoms with Crippen molar-refractivity contribution in [3.8, 4) is 0 Å². The molecule has 1 unspecified atom stereocenters. The second kappa shape index (κ2) is 4.47. The van der Waals surface area contributed by atoms with Crippen LogP contribution < -0.4 is 10.6 Å². The van der Waals surface area contributed by atoms with Gasteiger partial charge < -0.3 is 10.6 Å². The Kier molecular flexibility index (Phi) is 3.21. The lowest BCUT2D eigenvalue weighted by Gasteiger charge is -2.26. The first kappa shape index (κ1) is 11.5. The second-order valence-electron chi connectivity index (χ2n) is 4.09. The Balaban J connectivity index is 2.37. The lowest BCUT2D eigenvalue weighted by Crippen LogP contribution is -2.31. The molecule has 1 aromatic carbocycles. The maximum absolute atomic E-state index is 11.5. The largest absolute Gasteiger partial charge is 0.329 e. The molecule has 2 rings (SSSR count). The summed E-state index contributed by atoms with van der Waals surface area (Å²) in [5.74, 6) is 0.182. The predicted molar refractivity (Wildman–Crippen MR) is 69.0 cm³/mol. The van der Waals surface area contributed by atoms with Crippen LogP contribution in [0.1, 0.15) is 22.8 Å². The number of nitrogens with zero attached hydrogens (tertiary/aromatic N) is 1. The summed E-state index contributed by atoms with van der Waals surface area (Å²) >= 11 is 4.42. The van der Waals surface area contributed by atoms with Gasteiger partial charge in [-0.3, -0.25) is 4.79 Å². The van der Waals surface area contributed by atoms with E-state index < -0.39 is 0 Å². The fourth-order valence-corrected chi connectivity index (χ4v) is 2.18. The van der Waals surface area contributed by atoms with Gasteiger partial charge in [0.05, 0.1) is 0 Å². The second-order valence-corrected chi connectivity index (χ2v) is 4.72. The minimum Gasteiger partial charge on any atom is -0.329 e. The summed E-state index contributed by atoms with van der Waals surface area (Å²) in [6.07, 6.45) is 1.41. The molecule has 4 heteroatoms. The number of carbonyl (C=O) groups is 1. The molecule has 1 amide bonds. The van der Waals surface area contributed by atoms with Crippen molar-refractivity contribution >= 4 is 24.2 Å². The van der Waals surface area contributed by atoms with E-state index in [1.165, 1.54) is 5.56 Å². The number of hydrogen-bond donors (Lipinski definition) is 2. The Morgan fingerprint density at radius 1 is 1.50 bits per heavy atom. The number of hydrogen-bond acceptors (Lipinski definition) is 3. The SMILES string of the molecule is CN1C(=O)CCc2cc(C(S)CN)ccc21. The third-order valence-electron chi connectivity index (χ3n) is 3.06. The smallest absolute Gasteiger partial charge is 0.227 e. The van der Waals surface area contributed by atoms with Crippen LogP contribution in [-0.4, -0.2) is 19.5 Å². The van der Waals surface area contributed by atoms with Gasteiger partial charge in [0, 0.05) is 31.0 Å². The van der Waals surface area contributed by atoms with Crippen LogP contribution in [0.2, 0.25) is 0 Å². The number of benzene rings is 1. The molecule has 0 saturated heterocycles. The fourth-order valence-electron chi connectivity index (χ4n) is 2.02. The van der Waals surface area contributed by atoms with Crippen molar-refractivity contribution in [2.45, 2.75) is 18.1 Å². The summed E-state index contributed by atoms with van der Waals surface area (Å²) in [5, 5.41) is 0.0771. The van der Waals surface area contributed by atoms with Gasteiger partial charge in [0.25, 0.3) is 0 Å². The van der Waals surface area contributed by atoms with Crippen LogP contribution in [0.15, 0.2) is 18.2 Å². The predicted octanol–water partition coefficient (Wildman–Crippen LogP) is 1.53. The van der Waals surface area contributed by atoms with Gasteiger partial charge in [-0.25, -0.2) is 0 Å². The van der Waals surface area contributed by atoms with Crippen molar-refractivity contribution < 1.29 is 4.79 Å². The van der Waals surface area contributed by atoms with Crippen LogP contribution >= 0.6 is 12.6 Å². The Morgan fingerprint density at radius 3 is 2.94 bits per heavy atom. The average Bonchev–Trinajstić information content (AvgIpc) is 2.32. The van der Waals surface area contributed by atoms with Crippen LogP contribution in [-0.2, 0) is 11.2 Å². The van der Waals surface area contributed by atoms with Crippen molar-refractivity contribution in [3.63, 3.8) is 0 Å². The highest BCUT2D eigenvalue weighted by Gasteiger charge is 2.21. The molecule has 0 saturated carbocycles. The summed E-state index contributed by atoms with van der Waals surface area (Å²) in [6.45, 7) is 0.524. The number of carbonyl (C=O) groups excluding carboxylic acids is 1. The van der Waals surface area contributed by atoms with Crippen LogP contribution in [0.4, 0.5) is 5.69 Å². The van der Waals surface area contributed by atoms with E-state index >= 15 is 0 Å². The van der Waals surface area contributed by atoms with Crippen molar-refractivity contribution in [1.29, 1.82) is 0 Å². The zero-order valence-corrected chi connectivity index (χ0v) is 10.2. The highest BCUT2D eigenvalue weighted by molar-refractivity contribution is 7.80. The molecular formula is C12H16N2OS. The van der Waals surface area contributed by atoms with Gasteiger partial charge in [-0.05, 0) is 23.6 Å². The molecule has 0 radical (unpaired) electrons. The maximum atomic E-state index is 11.5. The molecule has 0 fully saturated rings. The van der Waals surface area contributed by atoms with E-state index in [4.69, 9.17) is 5.73 Å². The summed E-state index contributed by atoms with van der Waals surface area (Å²) in [5.41, 5.74) is 8.95. The van der Waals surface area contributed by atoms with Gasteiger partial charge in [-0.1, -0.05) is 12.1 Å². The van der Waals surface area contributed by atoms with Crippen molar-refractivity contribution in [2.24, 2.45) is 5.73 Å². The molecule has 1 aliphatic heterocycles. The van der Waals surface area contributed by atoms with E-state index in [0.717, 1.165) is 17.7 Å². The number of fused-ring (bicyclic) bond motifs is 1. The van der Waals surface area contributed by atoms with Crippen LogP contribution in [0.25, 0.3) is 0 Å². The first-order chi connectivity index (χ1) is 7.63. The maximum Gasteiger partial charge on any atom is 0.227 e. The minimum atomic E-state index is 0.0771. The summed E-state index contributed by atoms with van der Waals surface area (Å²) in [7, 11) is 1.82. The van der Waals surface area contributed by atoms with Gasteiger partial charge in [0.15, 0.2) is 0 Å². The quantitative estimate of drug-likeness (QED) is 0.765. The molecule has 0 aromatic heterocycles. The van der Waals surface area contributed by atoms with E-state index in [9.17, 15) is 4.79 Å². The summed E-state index contributed by atoms with van der Waals surface area (Å²) < 4.78 is 0. The Labute approximate surface area is 101 Å². The summed E-state index contributed by atoms with van der Waals surface area (Å²) in [4.78, 5) is 13.2. The minimum absolute atomic E-state index is 0.0771. The van der Waals surface area contributed by atoms with Crippen LogP contribution in [0, 0.1) is 0 Å². The van der Waals surface area contributed by atoms with Gasteiger partial charge in [-0.2, -0.15) is 12.6 Å². The monoisotopic (exact) mass is 236 g/mol. The molecule has 1 heterocycles. The number of anilines is 1. The molecule has 0 bridgehead atoms. The zero-order chi connectivity index (χ0) is 11.7. The lowest BCUT2D eigenvalue weighted by molar-refractivity contribution is -0.118. The van der Waals surface area contributed by atoms with Crippen molar-refractivity contribution in [2.75, 3.05) is 18.5 Å². The molecule has 2 N–H and O–H groups in total. The molecule has 3 nitrogen and oxygen atoms in total. The first-order valence-corrected chi connectivity index (χ1v) is 5.92. The van der Waals surface area contributed by atoms with Gasteiger partial charge in [0.2, 0.25) is 5.91 Å². The molecule has 0 spiro atoms. The zero-order valence-electron chi connectivity index (χ0n) is 9.31. The van der Waals surface area contributed by atoms with Gasteiger partial charge in [-0.15, -0.1) is 0 Å². The Morgan fingerprint density at radius 2 is 2.25 bits per heavy atom. The number of thiol groups is 1. The van der Waals surface area contributed by atoms with Crippen molar-refractivity contribution in [1.82, 2.24) is 0 Å². The highest BCUT2D eigenvalue weighted by Crippen LogP contribution is 2.30. The van der Waals surface area contributed by atoms with E-state index in [-0.39, 0.29) is 11.2 Å². The number of nitrogens with two attached hydrogens (primary N) is 1. The Hall–Kier alpha value is -1.00. The molecule has 16 heavy (non-hydrogen) atoms. The third-order valence-corrected chi connectivity index (χ3v) is 3.56. The molecule has 1 aromatic rings. The molecule has 86 valence electrons. The molecule has 1 aliphatic rings. The topological polar surface area (TPSA) is 46.3 Å². The van der Waals surface area contributed by atoms with Crippen LogP contribution in [0.5, 0.6) is 0 Å². The molecule has 1 atom stereocenters. The Bertz CT molecular complexity index is 419. The highest BCUT2D eigenvalue weighted by atomic mass is 32.1. The van der Waals surface area contributed by atoms with E-state index in [2.05, 4.69) is 18.7 Å². The van der Waals surface area contributed by atoms with Gasteiger partial charge in [0.1, 0.15) is 0 Å². The average molecular weight is 236 g/mol. The third kappa shape index (κ3) is 1.95. The van der Waals surface area contributed by atoms with Crippen molar-refractivity contribution in [3.05, 3.63) is 29.3 Å². The standard InChI is InChI=1S/C12H16N2OS/c1-14-10-4-2-9(11(16)7-13)6-8(10)3-5-12(14)15/h2,4,6,11,16H,3,5,7,13H2,1H3. The normalized spacial score (nSPS) is 17.2. The fraction of sp³-hybridized carbons (Fsp3) is 0.417. The van der Waals surface area contributed by atoms with Crippen LogP contribution in [0.3, 0.4) is 0 Å². The lowest BCUT2D eigenvalue weighted by atomic mass is 9.98. The van der Waals surface area contributed by atoms with Gasteiger partial charge >= 0.3 is 0 Å². The number of aryl methyl sites for hydroxylation is 1. The summed E-state index contributed by atoms with van der Waals surface area (Å²) in [6, 6.07) is 6.10. The number of rotatable bonds is 2. The first-order valence-electron chi connectivity index (χ1n) is 5.41. The molecular weight excluding hydrogens is 220 g/mol. The van der Waals surface area contributed by atoms with E-state index in [1.807, 2.05) is 19.2 Å². The number of amides is 1. The van der Waals surface area contributed by atoms with E-state index in [0.29, 0.717) is 13.0 Å². The van der Waals surface area contributed by atoms with E-state index in [1.54, 1.807) is 4.90 Å².